The first kappa shape index (κ1) is 32.7. The number of aliphatic carboxylic acids is 1. The molecular weight excluding hydrogens is 583 g/mol. The average molecular weight is 614 g/mol. The third-order valence-electron chi connectivity index (χ3n) is 5.61. The SMILES string of the molecule is CC(=O)Nc1nc(C)c(-c2cnc(Cl)c(NS(=O)(=O)CCCNCC3CCCCC3)c2)s1.O=C(O)C(F)(F)F. The summed E-state index contributed by atoms with van der Waals surface area (Å²) in [5, 5.41) is 13.7. The van der Waals surface area contributed by atoms with E-state index in [-0.39, 0.29) is 22.5 Å². The summed E-state index contributed by atoms with van der Waals surface area (Å²) in [6, 6.07) is 1.65. The van der Waals surface area contributed by atoms with Crippen LogP contribution in [0, 0.1) is 12.8 Å². The van der Waals surface area contributed by atoms with Crippen LogP contribution in [0.4, 0.5) is 24.0 Å². The average Bonchev–Trinajstić information content (AvgIpc) is 3.19. The molecule has 0 unspecified atom stereocenters. The quantitative estimate of drug-likeness (QED) is 0.214. The molecule has 0 aliphatic heterocycles. The maximum Gasteiger partial charge on any atom is 0.490 e. The van der Waals surface area contributed by atoms with Gasteiger partial charge >= 0.3 is 12.1 Å². The van der Waals surface area contributed by atoms with E-state index in [1.807, 2.05) is 6.92 Å². The Balaban J connectivity index is 0.000000673. The third-order valence-corrected chi connectivity index (χ3v) is 8.39. The fraction of sp³-hybridized carbons (Fsp3) is 0.565. The normalized spacial score (nSPS) is 14.3. The molecule has 4 N–H and O–H groups in total. The minimum absolute atomic E-state index is 0.00249. The number of rotatable bonds is 10. The Morgan fingerprint density at radius 1 is 1.23 bits per heavy atom. The summed E-state index contributed by atoms with van der Waals surface area (Å²) in [4.78, 5) is 29.4. The number of anilines is 2. The smallest absolute Gasteiger partial charge is 0.475 e. The molecule has 0 radical (unpaired) electrons. The molecule has 16 heteroatoms. The van der Waals surface area contributed by atoms with Crippen LogP contribution in [0.3, 0.4) is 0 Å². The van der Waals surface area contributed by atoms with Crippen molar-refractivity contribution in [3.05, 3.63) is 23.1 Å². The van der Waals surface area contributed by atoms with Crippen molar-refractivity contribution in [3.63, 3.8) is 0 Å². The van der Waals surface area contributed by atoms with Crippen LogP contribution in [-0.4, -0.2) is 60.4 Å². The second kappa shape index (κ2) is 14.8. The number of aryl methyl sites for hydroxylation is 1. The van der Waals surface area contributed by atoms with Gasteiger partial charge in [-0.25, -0.2) is 23.2 Å². The van der Waals surface area contributed by atoms with E-state index in [2.05, 4.69) is 25.3 Å². The Labute approximate surface area is 233 Å². The van der Waals surface area contributed by atoms with Gasteiger partial charge < -0.3 is 15.7 Å². The van der Waals surface area contributed by atoms with Crippen molar-refractivity contribution in [1.82, 2.24) is 15.3 Å². The molecule has 0 spiro atoms. The van der Waals surface area contributed by atoms with Gasteiger partial charge in [0.25, 0.3) is 0 Å². The molecule has 10 nitrogen and oxygen atoms in total. The molecule has 0 bridgehead atoms. The molecule has 39 heavy (non-hydrogen) atoms. The van der Waals surface area contributed by atoms with E-state index in [4.69, 9.17) is 21.5 Å². The van der Waals surface area contributed by atoms with Crippen molar-refractivity contribution >= 4 is 55.7 Å². The number of hydrogen-bond donors (Lipinski definition) is 4. The van der Waals surface area contributed by atoms with Gasteiger partial charge in [0.1, 0.15) is 0 Å². The second-order valence-corrected chi connectivity index (χ2v) is 12.2. The number of carbonyl (C=O) groups is 2. The maximum atomic E-state index is 12.6. The van der Waals surface area contributed by atoms with E-state index < -0.39 is 22.2 Å². The highest BCUT2D eigenvalue weighted by Gasteiger charge is 2.38. The van der Waals surface area contributed by atoms with Crippen LogP contribution in [0.2, 0.25) is 5.15 Å². The lowest BCUT2D eigenvalue weighted by Gasteiger charge is -2.21. The van der Waals surface area contributed by atoms with Crippen LogP contribution in [-0.2, 0) is 19.6 Å². The van der Waals surface area contributed by atoms with Gasteiger partial charge in [0.2, 0.25) is 15.9 Å². The Bertz CT molecular complexity index is 1240. The predicted molar refractivity (Wildman–Crippen MR) is 145 cm³/mol. The van der Waals surface area contributed by atoms with E-state index in [9.17, 15) is 26.4 Å². The number of amides is 1. The first-order valence-electron chi connectivity index (χ1n) is 12.1. The topological polar surface area (TPSA) is 150 Å². The highest BCUT2D eigenvalue weighted by Crippen LogP contribution is 2.35. The number of thiazole rings is 1. The van der Waals surface area contributed by atoms with Crippen molar-refractivity contribution in [2.24, 2.45) is 5.92 Å². The molecule has 0 aromatic carbocycles. The zero-order chi connectivity index (χ0) is 29.2. The van der Waals surface area contributed by atoms with Gasteiger partial charge in [-0.2, -0.15) is 13.2 Å². The molecule has 0 atom stereocenters. The number of halogens is 4. The molecule has 1 amide bonds. The van der Waals surface area contributed by atoms with Gasteiger partial charge in [-0.1, -0.05) is 42.2 Å². The van der Waals surface area contributed by atoms with Gasteiger partial charge in [0.15, 0.2) is 10.3 Å². The lowest BCUT2D eigenvalue weighted by Crippen LogP contribution is -2.27. The van der Waals surface area contributed by atoms with E-state index >= 15 is 0 Å². The van der Waals surface area contributed by atoms with E-state index in [0.717, 1.165) is 11.4 Å². The third kappa shape index (κ3) is 11.6. The number of nitrogens with one attached hydrogen (secondary N) is 3. The van der Waals surface area contributed by atoms with Gasteiger partial charge in [0, 0.05) is 18.7 Å². The largest absolute Gasteiger partial charge is 0.490 e. The Hall–Kier alpha value is -2.49. The number of alkyl halides is 3. The Kier molecular flexibility index (Phi) is 12.4. The predicted octanol–water partition coefficient (Wildman–Crippen LogP) is 5.06. The van der Waals surface area contributed by atoms with Crippen LogP contribution in [0.25, 0.3) is 10.4 Å². The van der Waals surface area contributed by atoms with Gasteiger partial charge in [-0.3, -0.25) is 9.52 Å². The summed E-state index contributed by atoms with van der Waals surface area (Å²) >= 11 is 7.45. The number of carbonyl (C=O) groups excluding carboxylic acids is 1. The minimum Gasteiger partial charge on any atom is -0.475 e. The molecule has 2 heterocycles. The number of carboxylic acid groups (broad SMARTS) is 1. The number of sulfonamides is 1. The molecule has 218 valence electrons. The van der Waals surface area contributed by atoms with Crippen molar-refractivity contribution in [3.8, 4) is 10.4 Å². The van der Waals surface area contributed by atoms with Crippen molar-refractivity contribution in [2.45, 2.75) is 58.5 Å². The first-order valence-corrected chi connectivity index (χ1v) is 14.9. The molecule has 0 saturated heterocycles. The summed E-state index contributed by atoms with van der Waals surface area (Å²) in [7, 11) is -3.57. The summed E-state index contributed by atoms with van der Waals surface area (Å²) < 4.78 is 59.4. The monoisotopic (exact) mass is 613 g/mol. The van der Waals surface area contributed by atoms with Crippen molar-refractivity contribution in [1.29, 1.82) is 0 Å². The standard InChI is InChI=1S/C21H30ClN5O3S2.C2HF3O2/c1-14-19(31-21(25-14)26-15(2)28)17-11-18(20(22)24-13-17)27-32(29,30)10-6-9-23-12-16-7-4-3-5-8-16;3-2(4,5)1(6)7/h11,13,16,23,27H,3-10,12H2,1-2H3,(H,25,26,28);(H,6,7). The zero-order valence-electron chi connectivity index (χ0n) is 21.4. The number of pyridine rings is 1. The summed E-state index contributed by atoms with van der Waals surface area (Å²) in [6.45, 7) is 4.85. The molecule has 2 aromatic heterocycles. The molecular formula is C23H31ClF3N5O5S2. The highest BCUT2D eigenvalue weighted by molar-refractivity contribution is 7.92. The lowest BCUT2D eigenvalue weighted by molar-refractivity contribution is -0.192. The zero-order valence-corrected chi connectivity index (χ0v) is 23.8. The number of nitrogens with zero attached hydrogens (tertiary/aromatic N) is 2. The Morgan fingerprint density at radius 2 is 1.87 bits per heavy atom. The Morgan fingerprint density at radius 3 is 2.46 bits per heavy atom. The molecule has 1 aliphatic carbocycles. The number of hydrogen-bond acceptors (Lipinski definition) is 8. The fourth-order valence-electron chi connectivity index (χ4n) is 3.82. The minimum atomic E-state index is -5.08. The molecule has 1 fully saturated rings. The second-order valence-electron chi connectivity index (χ2n) is 8.96. The fourth-order valence-corrected chi connectivity index (χ4v) is 6.13. The number of carboxylic acids is 1. The van der Waals surface area contributed by atoms with Crippen LogP contribution >= 0.6 is 22.9 Å². The summed E-state index contributed by atoms with van der Waals surface area (Å²) in [5.74, 6) is -2.25. The van der Waals surface area contributed by atoms with E-state index in [0.29, 0.717) is 35.3 Å². The van der Waals surface area contributed by atoms with Gasteiger partial charge in [-0.15, -0.1) is 0 Å². The molecule has 1 saturated carbocycles. The van der Waals surface area contributed by atoms with Crippen molar-refractivity contribution < 1.29 is 36.3 Å². The van der Waals surface area contributed by atoms with E-state index in [1.54, 1.807) is 12.3 Å². The number of aromatic nitrogens is 2. The maximum absolute atomic E-state index is 12.6. The molecule has 1 aliphatic rings. The van der Waals surface area contributed by atoms with E-state index in [1.165, 1.54) is 50.4 Å². The van der Waals surface area contributed by atoms with Crippen LogP contribution in [0.15, 0.2) is 12.3 Å². The van der Waals surface area contributed by atoms with Crippen molar-refractivity contribution in [2.75, 3.05) is 28.9 Å². The molecule has 2 aromatic rings. The summed E-state index contributed by atoms with van der Waals surface area (Å²) in [5.41, 5.74) is 1.61. The summed E-state index contributed by atoms with van der Waals surface area (Å²) in [6.07, 6.45) is 3.45. The van der Waals surface area contributed by atoms with Crippen LogP contribution < -0.4 is 15.4 Å². The van der Waals surface area contributed by atoms with Crippen LogP contribution in [0.5, 0.6) is 0 Å². The first-order chi connectivity index (χ1) is 18.2. The highest BCUT2D eigenvalue weighted by atomic mass is 35.5. The molecule has 3 rings (SSSR count). The van der Waals surface area contributed by atoms with Gasteiger partial charge in [-0.05, 0) is 51.3 Å². The lowest BCUT2D eigenvalue weighted by atomic mass is 9.89. The van der Waals surface area contributed by atoms with Gasteiger partial charge in [0.05, 0.1) is 22.0 Å². The van der Waals surface area contributed by atoms with Crippen LogP contribution in [0.1, 0.15) is 51.1 Å².